The summed E-state index contributed by atoms with van der Waals surface area (Å²) in [7, 11) is 0. The van der Waals surface area contributed by atoms with Crippen LogP contribution in [0.4, 0.5) is 5.69 Å². The first-order valence-corrected chi connectivity index (χ1v) is 6.57. The van der Waals surface area contributed by atoms with Gasteiger partial charge in [-0.15, -0.1) is 0 Å². The van der Waals surface area contributed by atoms with Gasteiger partial charge in [-0.2, -0.15) is 4.98 Å². The summed E-state index contributed by atoms with van der Waals surface area (Å²) in [5.74, 6) is 1.83. The van der Waals surface area contributed by atoms with Gasteiger partial charge in [-0.25, -0.2) is 0 Å². The van der Waals surface area contributed by atoms with E-state index in [2.05, 4.69) is 15.5 Å². The largest absolute Gasteiger partial charge is 0.494 e. The molecular formula is C14H19N3O3. The van der Waals surface area contributed by atoms with E-state index >= 15 is 0 Å². The van der Waals surface area contributed by atoms with Crippen LogP contribution in [0.15, 0.2) is 22.7 Å². The van der Waals surface area contributed by atoms with Crippen LogP contribution in [0.1, 0.15) is 37.2 Å². The Bertz CT molecular complexity index is 569. The highest BCUT2D eigenvalue weighted by molar-refractivity contribution is 5.51. The minimum Gasteiger partial charge on any atom is -0.494 e. The fourth-order valence-corrected chi connectivity index (χ4v) is 1.89. The Labute approximate surface area is 117 Å². The molecule has 2 rings (SSSR count). The van der Waals surface area contributed by atoms with Crippen LogP contribution in [0, 0.1) is 6.92 Å². The van der Waals surface area contributed by atoms with E-state index in [1.165, 1.54) is 0 Å². The third kappa shape index (κ3) is 3.27. The molecule has 1 aromatic carbocycles. The first kappa shape index (κ1) is 14.3. The number of aliphatic hydroxyl groups excluding tert-OH is 1. The smallest absolute Gasteiger partial charge is 0.248 e. The van der Waals surface area contributed by atoms with Gasteiger partial charge < -0.3 is 19.7 Å². The number of hydrogen-bond acceptors (Lipinski definition) is 6. The van der Waals surface area contributed by atoms with Crippen molar-refractivity contribution in [2.45, 2.75) is 33.4 Å². The summed E-state index contributed by atoms with van der Waals surface area (Å²) in [6.07, 6.45) is 0. The monoisotopic (exact) mass is 277 g/mol. The molecule has 1 aromatic heterocycles. The van der Waals surface area contributed by atoms with Gasteiger partial charge in [-0.05, 0) is 39.0 Å². The quantitative estimate of drug-likeness (QED) is 0.844. The lowest BCUT2D eigenvalue weighted by Crippen LogP contribution is -2.08. The maximum atomic E-state index is 9.38. The molecule has 0 aliphatic carbocycles. The summed E-state index contributed by atoms with van der Waals surface area (Å²) in [4.78, 5) is 4.18. The van der Waals surface area contributed by atoms with Crippen LogP contribution in [0.2, 0.25) is 0 Å². The van der Waals surface area contributed by atoms with E-state index in [1.807, 2.05) is 32.0 Å². The number of ether oxygens (including phenoxy) is 1. The van der Waals surface area contributed by atoms with Crippen molar-refractivity contribution in [3.05, 3.63) is 35.5 Å². The molecule has 0 unspecified atom stereocenters. The SMILES string of the molecule is CCOc1ccc(N[C@@H](C)c2nc(C)no2)cc1CO. The average Bonchev–Trinajstić information content (AvgIpc) is 2.87. The zero-order valence-electron chi connectivity index (χ0n) is 11.9. The predicted octanol–water partition coefficient (Wildman–Crippen LogP) is 2.44. The van der Waals surface area contributed by atoms with Crippen LogP contribution in [-0.4, -0.2) is 21.9 Å². The van der Waals surface area contributed by atoms with Gasteiger partial charge in [0.2, 0.25) is 5.89 Å². The fraction of sp³-hybridized carbons (Fsp3) is 0.429. The minimum absolute atomic E-state index is 0.0705. The predicted molar refractivity (Wildman–Crippen MR) is 74.6 cm³/mol. The van der Waals surface area contributed by atoms with E-state index in [-0.39, 0.29) is 12.6 Å². The molecule has 2 N–H and O–H groups in total. The summed E-state index contributed by atoms with van der Waals surface area (Å²) in [5, 5.41) is 16.4. The molecule has 0 saturated carbocycles. The van der Waals surface area contributed by atoms with Crippen LogP contribution in [0.3, 0.4) is 0 Å². The van der Waals surface area contributed by atoms with E-state index in [0.717, 1.165) is 11.3 Å². The van der Waals surface area contributed by atoms with E-state index in [1.54, 1.807) is 6.92 Å². The standard InChI is InChI=1S/C14H19N3O3/c1-4-19-13-6-5-12(7-11(13)8-18)15-9(2)14-16-10(3)17-20-14/h5-7,9,15,18H,4,8H2,1-3H3/t9-/m0/s1. The number of nitrogens with zero attached hydrogens (tertiary/aromatic N) is 2. The number of benzene rings is 1. The summed E-state index contributed by atoms with van der Waals surface area (Å²) in [5.41, 5.74) is 1.60. The maximum Gasteiger partial charge on any atom is 0.248 e. The first-order chi connectivity index (χ1) is 9.63. The Morgan fingerprint density at radius 2 is 2.25 bits per heavy atom. The van der Waals surface area contributed by atoms with Crippen LogP contribution in [-0.2, 0) is 6.61 Å². The average molecular weight is 277 g/mol. The van der Waals surface area contributed by atoms with Gasteiger partial charge in [0.25, 0.3) is 0 Å². The molecule has 0 spiro atoms. The van der Waals surface area contributed by atoms with Crippen LogP contribution in [0.25, 0.3) is 0 Å². The van der Waals surface area contributed by atoms with Crippen LogP contribution >= 0.6 is 0 Å². The molecule has 0 amide bonds. The molecule has 0 saturated heterocycles. The van der Waals surface area contributed by atoms with Gasteiger partial charge >= 0.3 is 0 Å². The molecular weight excluding hydrogens is 258 g/mol. The van der Waals surface area contributed by atoms with Crippen molar-refractivity contribution in [1.82, 2.24) is 10.1 Å². The van der Waals surface area contributed by atoms with Crippen molar-refractivity contribution in [2.75, 3.05) is 11.9 Å². The second kappa shape index (κ2) is 6.38. The minimum atomic E-state index is -0.110. The van der Waals surface area contributed by atoms with Gasteiger partial charge in [-0.3, -0.25) is 0 Å². The lowest BCUT2D eigenvalue weighted by Gasteiger charge is -2.14. The number of rotatable bonds is 6. The van der Waals surface area contributed by atoms with E-state index in [4.69, 9.17) is 9.26 Å². The molecule has 108 valence electrons. The van der Waals surface area contributed by atoms with Crippen molar-refractivity contribution in [2.24, 2.45) is 0 Å². The zero-order chi connectivity index (χ0) is 14.5. The zero-order valence-corrected chi connectivity index (χ0v) is 11.9. The maximum absolute atomic E-state index is 9.38. The second-order valence-corrected chi connectivity index (χ2v) is 4.46. The molecule has 0 fully saturated rings. The van der Waals surface area contributed by atoms with Gasteiger partial charge in [-0.1, -0.05) is 5.16 Å². The van der Waals surface area contributed by atoms with Gasteiger partial charge in [0.05, 0.1) is 13.2 Å². The number of aliphatic hydroxyl groups is 1. The van der Waals surface area contributed by atoms with Crippen molar-refractivity contribution < 1.29 is 14.4 Å². The number of aryl methyl sites for hydroxylation is 1. The summed E-state index contributed by atoms with van der Waals surface area (Å²) in [6, 6.07) is 5.47. The van der Waals surface area contributed by atoms with Gasteiger partial charge in [0.1, 0.15) is 11.8 Å². The Morgan fingerprint density at radius 1 is 1.45 bits per heavy atom. The molecule has 0 aliphatic rings. The third-order valence-corrected chi connectivity index (χ3v) is 2.83. The number of hydrogen-bond donors (Lipinski definition) is 2. The number of aromatic nitrogens is 2. The Kier molecular flexibility index (Phi) is 4.57. The number of nitrogens with one attached hydrogen (secondary N) is 1. The summed E-state index contributed by atoms with van der Waals surface area (Å²) < 4.78 is 10.6. The highest BCUT2D eigenvalue weighted by Crippen LogP contribution is 2.25. The second-order valence-electron chi connectivity index (χ2n) is 4.46. The lowest BCUT2D eigenvalue weighted by atomic mass is 10.1. The topological polar surface area (TPSA) is 80.4 Å². The van der Waals surface area contributed by atoms with Crippen molar-refractivity contribution in [3.63, 3.8) is 0 Å². The summed E-state index contributed by atoms with van der Waals surface area (Å²) >= 11 is 0. The van der Waals surface area contributed by atoms with Gasteiger partial charge in [0, 0.05) is 11.3 Å². The van der Waals surface area contributed by atoms with E-state index in [9.17, 15) is 5.11 Å². The van der Waals surface area contributed by atoms with Crippen LogP contribution in [0.5, 0.6) is 5.75 Å². The first-order valence-electron chi connectivity index (χ1n) is 6.57. The molecule has 0 aliphatic heterocycles. The molecule has 0 radical (unpaired) electrons. The third-order valence-electron chi connectivity index (χ3n) is 2.83. The lowest BCUT2D eigenvalue weighted by molar-refractivity contribution is 0.267. The molecule has 1 atom stereocenters. The van der Waals surface area contributed by atoms with Gasteiger partial charge in [0.15, 0.2) is 5.82 Å². The van der Waals surface area contributed by atoms with Crippen LogP contribution < -0.4 is 10.1 Å². The number of anilines is 1. The summed E-state index contributed by atoms with van der Waals surface area (Å²) in [6.45, 7) is 6.12. The molecule has 6 nitrogen and oxygen atoms in total. The van der Waals surface area contributed by atoms with Crippen molar-refractivity contribution in [3.8, 4) is 5.75 Å². The van der Waals surface area contributed by atoms with Crippen molar-refractivity contribution in [1.29, 1.82) is 0 Å². The Morgan fingerprint density at radius 3 is 2.85 bits per heavy atom. The highest BCUT2D eigenvalue weighted by Gasteiger charge is 2.13. The Balaban J connectivity index is 2.13. The molecule has 0 bridgehead atoms. The highest BCUT2D eigenvalue weighted by atomic mass is 16.5. The van der Waals surface area contributed by atoms with Crippen molar-refractivity contribution >= 4 is 5.69 Å². The molecule has 6 heteroatoms. The molecule has 2 aromatic rings. The molecule has 1 heterocycles. The van der Waals surface area contributed by atoms with E-state index < -0.39 is 0 Å². The molecule has 20 heavy (non-hydrogen) atoms. The normalized spacial score (nSPS) is 12.2. The fourth-order valence-electron chi connectivity index (χ4n) is 1.89. The Hall–Kier alpha value is -2.08. The van der Waals surface area contributed by atoms with E-state index in [0.29, 0.717) is 24.1 Å².